The standard InChI is InChI=1S/C20H26N2O3/c1-13-10-14-6-3-5-9-17(14)22(13)19(23)12-21-16-8-4-2-7-15(16)11-18(21)20(24)25/h3,5-6,9,13,15-16,18H,2,4,7-8,10-12H2,1H3,(H,24,25)/t13-,15+,16+,18+/m1/s1. The number of fused-ring (bicyclic) bond motifs is 2. The highest BCUT2D eigenvalue weighted by atomic mass is 16.4. The Morgan fingerprint density at radius 3 is 2.76 bits per heavy atom. The number of anilines is 1. The number of aliphatic carboxylic acids is 1. The summed E-state index contributed by atoms with van der Waals surface area (Å²) >= 11 is 0. The molecule has 5 nitrogen and oxygen atoms in total. The van der Waals surface area contributed by atoms with Crippen LogP contribution in [0.15, 0.2) is 24.3 Å². The van der Waals surface area contributed by atoms with E-state index < -0.39 is 12.0 Å². The van der Waals surface area contributed by atoms with E-state index in [1.165, 1.54) is 12.0 Å². The van der Waals surface area contributed by atoms with Crippen molar-refractivity contribution < 1.29 is 14.7 Å². The number of likely N-dealkylation sites (tertiary alicyclic amines) is 1. The lowest BCUT2D eigenvalue weighted by molar-refractivity contribution is -0.143. The van der Waals surface area contributed by atoms with E-state index in [2.05, 4.69) is 13.0 Å². The zero-order chi connectivity index (χ0) is 17.6. The minimum Gasteiger partial charge on any atom is -0.480 e. The maximum atomic E-state index is 13.1. The number of carbonyl (C=O) groups excluding carboxylic acids is 1. The molecule has 0 radical (unpaired) electrons. The molecular weight excluding hydrogens is 316 g/mol. The smallest absolute Gasteiger partial charge is 0.320 e. The van der Waals surface area contributed by atoms with Gasteiger partial charge < -0.3 is 10.0 Å². The first-order chi connectivity index (χ1) is 12.1. The Hall–Kier alpha value is -1.88. The lowest BCUT2D eigenvalue weighted by Crippen LogP contribution is -2.49. The summed E-state index contributed by atoms with van der Waals surface area (Å²) in [6, 6.07) is 7.93. The zero-order valence-corrected chi connectivity index (χ0v) is 14.7. The quantitative estimate of drug-likeness (QED) is 0.917. The van der Waals surface area contributed by atoms with E-state index in [0.717, 1.165) is 31.4 Å². The van der Waals surface area contributed by atoms with E-state index in [-0.39, 0.29) is 24.5 Å². The molecule has 3 aliphatic rings. The maximum Gasteiger partial charge on any atom is 0.320 e. The van der Waals surface area contributed by atoms with Crippen LogP contribution >= 0.6 is 0 Å². The average molecular weight is 342 g/mol. The van der Waals surface area contributed by atoms with E-state index in [9.17, 15) is 14.7 Å². The number of hydrogen-bond acceptors (Lipinski definition) is 3. The molecule has 0 unspecified atom stereocenters. The molecule has 1 N–H and O–H groups in total. The van der Waals surface area contributed by atoms with Crippen LogP contribution in [0.1, 0.15) is 44.6 Å². The Kier molecular flexibility index (Phi) is 4.28. The van der Waals surface area contributed by atoms with Crippen molar-refractivity contribution in [2.75, 3.05) is 11.4 Å². The number of benzene rings is 1. The first kappa shape index (κ1) is 16.6. The largest absolute Gasteiger partial charge is 0.480 e. The summed E-state index contributed by atoms with van der Waals surface area (Å²) in [5, 5.41) is 9.65. The van der Waals surface area contributed by atoms with Crippen LogP contribution in [0.4, 0.5) is 5.69 Å². The molecule has 2 fully saturated rings. The van der Waals surface area contributed by atoms with Gasteiger partial charge in [0.05, 0.1) is 6.54 Å². The number of hydrogen-bond donors (Lipinski definition) is 1. The molecule has 2 aliphatic heterocycles. The molecule has 0 bridgehead atoms. The van der Waals surface area contributed by atoms with Crippen molar-refractivity contribution in [2.24, 2.45) is 5.92 Å². The average Bonchev–Trinajstić information content (AvgIpc) is 3.12. The highest BCUT2D eigenvalue weighted by Crippen LogP contribution is 2.40. The van der Waals surface area contributed by atoms with Crippen LogP contribution in [0, 0.1) is 5.92 Å². The number of carbonyl (C=O) groups is 2. The van der Waals surface area contributed by atoms with Crippen molar-refractivity contribution in [1.29, 1.82) is 0 Å². The van der Waals surface area contributed by atoms with Gasteiger partial charge in [0.25, 0.3) is 0 Å². The Morgan fingerprint density at radius 2 is 1.96 bits per heavy atom. The summed E-state index contributed by atoms with van der Waals surface area (Å²) in [5.74, 6) is -0.307. The zero-order valence-electron chi connectivity index (χ0n) is 14.7. The lowest BCUT2D eigenvalue weighted by atomic mass is 9.85. The molecule has 1 saturated heterocycles. The molecule has 2 heterocycles. The van der Waals surface area contributed by atoms with Crippen LogP contribution < -0.4 is 4.90 Å². The molecule has 134 valence electrons. The van der Waals surface area contributed by atoms with Crippen LogP contribution in [-0.2, 0) is 16.0 Å². The topological polar surface area (TPSA) is 60.9 Å². The third kappa shape index (κ3) is 2.84. The Morgan fingerprint density at radius 1 is 1.20 bits per heavy atom. The molecule has 4 atom stereocenters. The number of para-hydroxylation sites is 1. The highest BCUT2D eigenvalue weighted by molar-refractivity contribution is 5.97. The van der Waals surface area contributed by atoms with Gasteiger partial charge in [0.2, 0.25) is 5.91 Å². The summed E-state index contributed by atoms with van der Waals surface area (Å²) in [6.07, 6.45) is 6.01. The summed E-state index contributed by atoms with van der Waals surface area (Å²) in [5.41, 5.74) is 2.20. The predicted octanol–water partition coefficient (Wildman–Crippen LogP) is 2.68. The van der Waals surface area contributed by atoms with E-state index >= 15 is 0 Å². The van der Waals surface area contributed by atoms with Crippen molar-refractivity contribution in [3.8, 4) is 0 Å². The minimum atomic E-state index is -0.780. The van der Waals surface area contributed by atoms with Gasteiger partial charge >= 0.3 is 5.97 Å². The number of nitrogens with zero attached hydrogens (tertiary/aromatic N) is 2. The van der Waals surface area contributed by atoms with Crippen molar-refractivity contribution in [2.45, 2.75) is 63.6 Å². The molecule has 5 heteroatoms. The molecule has 0 aromatic heterocycles. The second kappa shape index (κ2) is 6.45. The number of carboxylic acid groups (broad SMARTS) is 1. The lowest BCUT2D eigenvalue weighted by Gasteiger charge is -2.34. The van der Waals surface area contributed by atoms with Gasteiger partial charge in [-0.05, 0) is 50.2 Å². The summed E-state index contributed by atoms with van der Waals surface area (Å²) in [7, 11) is 0. The maximum absolute atomic E-state index is 13.1. The fraction of sp³-hybridized carbons (Fsp3) is 0.600. The number of rotatable bonds is 3. The van der Waals surface area contributed by atoms with Crippen LogP contribution in [0.25, 0.3) is 0 Å². The van der Waals surface area contributed by atoms with E-state index in [1.54, 1.807) is 0 Å². The second-order valence-electron chi connectivity index (χ2n) is 7.82. The summed E-state index contributed by atoms with van der Waals surface area (Å²) < 4.78 is 0. The molecule has 0 spiro atoms. The molecule has 4 rings (SSSR count). The normalized spacial score (nSPS) is 31.6. The molecule has 1 aliphatic carbocycles. The monoisotopic (exact) mass is 342 g/mol. The predicted molar refractivity (Wildman–Crippen MR) is 95.6 cm³/mol. The molecule has 1 aromatic rings. The Balaban J connectivity index is 1.56. The third-order valence-electron chi connectivity index (χ3n) is 6.30. The van der Waals surface area contributed by atoms with Gasteiger partial charge in [0.15, 0.2) is 0 Å². The summed E-state index contributed by atoms with van der Waals surface area (Å²) in [6.45, 7) is 2.29. The second-order valence-corrected chi connectivity index (χ2v) is 7.82. The third-order valence-corrected chi connectivity index (χ3v) is 6.30. The molecule has 25 heavy (non-hydrogen) atoms. The highest BCUT2D eigenvalue weighted by Gasteiger charge is 2.46. The molecular formula is C20H26N2O3. The van der Waals surface area contributed by atoms with Gasteiger partial charge in [-0.2, -0.15) is 0 Å². The van der Waals surface area contributed by atoms with Crippen LogP contribution in [0.2, 0.25) is 0 Å². The van der Waals surface area contributed by atoms with Gasteiger partial charge in [-0.15, -0.1) is 0 Å². The minimum absolute atomic E-state index is 0.0370. The van der Waals surface area contributed by atoms with Crippen LogP contribution in [0.5, 0.6) is 0 Å². The van der Waals surface area contributed by atoms with E-state index in [1.807, 2.05) is 28.0 Å². The van der Waals surface area contributed by atoms with Crippen molar-refractivity contribution in [3.63, 3.8) is 0 Å². The van der Waals surface area contributed by atoms with Gasteiger partial charge in [0, 0.05) is 17.8 Å². The number of amides is 1. The SMILES string of the molecule is C[C@@H]1Cc2ccccc2N1C(=O)CN1[C@H](C(=O)O)C[C@@H]2CCCC[C@@H]21. The van der Waals surface area contributed by atoms with Gasteiger partial charge in [-0.25, -0.2) is 0 Å². The van der Waals surface area contributed by atoms with Crippen LogP contribution in [0.3, 0.4) is 0 Å². The fourth-order valence-corrected chi connectivity index (χ4v) is 5.20. The molecule has 1 amide bonds. The molecule has 1 aromatic carbocycles. The van der Waals surface area contributed by atoms with Crippen molar-refractivity contribution >= 4 is 17.6 Å². The van der Waals surface area contributed by atoms with Gasteiger partial charge in [-0.3, -0.25) is 14.5 Å². The van der Waals surface area contributed by atoms with Crippen molar-refractivity contribution in [1.82, 2.24) is 4.90 Å². The van der Waals surface area contributed by atoms with Crippen molar-refractivity contribution in [3.05, 3.63) is 29.8 Å². The number of carboxylic acids is 1. The van der Waals surface area contributed by atoms with Gasteiger partial charge in [-0.1, -0.05) is 31.0 Å². The van der Waals surface area contributed by atoms with Gasteiger partial charge in [0.1, 0.15) is 6.04 Å². The first-order valence-electron chi connectivity index (χ1n) is 9.44. The molecule has 1 saturated carbocycles. The van der Waals surface area contributed by atoms with Crippen LogP contribution in [-0.4, -0.2) is 46.6 Å². The Bertz CT molecular complexity index is 689. The van der Waals surface area contributed by atoms with E-state index in [4.69, 9.17) is 0 Å². The van der Waals surface area contributed by atoms with E-state index in [0.29, 0.717) is 12.3 Å². The fourth-order valence-electron chi connectivity index (χ4n) is 5.20. The Labute approximate surface area is 148 Å². The summed E-state index contributed by atoms with van der Waals surface area (Å²) in [4.78, 5) is 28.7. The first-order valence-corrected chi connectivity index (χ1v) is 9.44.